The predicted molar refractivity (Wildman–Crippen MR) is 120 cm³/mol. The second kappa shape index (κ2) is 9.82. The molecule has 8 nitrogen and oxygen atoms in total. The van der Waals surface area contributed by atoms with Crippen molar-refractivity contribution in [3.8, 4) is 0 Å². The fourth-order valence-corrected chi connectivity index (χ4v) is 2.42. The largest absolute Gasteiger partial charge is 0.444 e. The van der Waals surface area contributed by atoms with Crippen molar-refractivity contribution in [2.24, 2.45) is 4.99 Å². The van der Waals surface area contributed by atoms with E-state index in [0.29, 0.717) is 12.2 Å². The van der Waals surface area contributed by atoms with Crippen LogP contribution in [-0.4, -0.2) is 35.9 Å². The van der Waals surface area contributed by atoms with Gasteiger partial charge in [-0.3, -0.25) is 10.3 Å². The van der Waals surface area contributed by atoms with E-state index in [4.69, 9.17) is 9.47 Å². The van der Waals surface area contributed by atoms with Crippen molar-refractivity contribution in [2.75, 3.05) is 11.9 Å². The maximum atomic E-state index is 12.2. The molecule has 3 N–H and O–H groups in total. The van der Waals surface area contributed by atoms with E-state index in [-0.39, 0.29) is 5.96 Å². The molecule has 0 spiro atoms. The summed E-state index contributed by atoms with van der Waals surface area (Å²) in [4.78, 5) is 28.6. The summed E-state index contributed by atoms with van der Waals surface area (Å²) in [5.41, 5.74) is -0.316. The van der Waals surface area contributed by atoms with Crippen LogP contribution in [0.4, 0.5) is 15.3 Å². The van der Waals surface area contributed by atoms with Crippen LogP contribution in [0.2, 0.25) is 0 Å². The van der Waals surface area contributed by atoms with Gasteiger partial charge in [0.2, 0.25) is 5.96 Å². The third kappa shape index (κ3) is 9.62. The van der Waals surface area contributed by atoms with Crippen molar-refractivity contribution in [2.45, 2.75) is 79.1 Å². The monoisotopic (exact) mass is 420 g/mol. The Morgan fingerprint density at radius 3 is 2.03 bits per heavy atom. The van der Waals surface area contributed by atoms with E-state index in [0.717, 1.165) is 5.56 Å². The van der Waals surface area contributed by atoms with E-state index >= 15 is 0 Å². The summed E-state index contributed by atoms with van der Waals surface area (Å²) in [6.07, 6.45) is -1.09. The highest BCUT2D eigenvalue weighted by Gasteiger charge is 2.26. The maximum absolute atomic E-state index is 12.2. The molecule has 0 saturated heterocycles. The molecule has 0 aliphatic heterocycles. The lowest BCUT2D eigenvalue weighted by Gasteiger charge is -2.29. The molecular formula is C22H36N4O4. The number of aliphatic imine (C=N–C) groups is 1. The molecule has 30 heavy (non-hydrogen) atoms. The van der Waals surface area contributed by atoms with Crippen LogP contribution >= 0.6 is 0 Å². The number of guanidine groups is 1. The summed E-state index contributed by atoms with van der Waals surface area (Å²) in [6, 6.07) is 7.47. The highest BCUT2D eigenvalue weighted by molar-refractivity contribution is 6.02. The van der Waals surface area contributed by atoms with E-state index in [1.165, 1.54) is 0 Å². The van der Waals surface area contributed by atoms with Gasteiger partial charge in [-0.05, 0) is 80.0 Å². The molecule has 1 aromatic carbocycles. The first-order valence-electron chi connectivity index (χ1n) is 10.0. The lowest BCUT2D eigenvalue weighted by atomic mass is 9.94. The molecule has 2 amide bonds. The zero-order valence-electron chi connectivity index (χ0n) is 19.6. The van der Waals surface area contributed by atoms with Gasteiger partial charge in [0.15, 0.2) is 0 Å². The average Bonchev–Trinajstić information content (AvgIpc) is 2.50. The highest BCUT2D eigenvalue weighted by Crippen LogP contribution is 2.24. The number of nitrogens with one attached hydrogen (secondary N) is 3. The van der Waals surface area contributed by atoms with Crippen LogP contribution in [0.3, 0.4) is 0 Å². The van der Waals surface area contributed by atoms with Crippen LogP contribution in [0.5, 0.6) is 0 Å². The van der Waals surface area contributed by atoms with Gasteiger partial charge in [-0.15, -0.1) is 0 Å². The topological polar surface area (TPSA) is 101 Å². The smallest absolute Gasteiger partial charge is 0.414 e. The third-order valence-electron chi connectivity index (χ3n) is 3.60. The molecular weight excluding hydrogens is 384 g/mol. The van der Waals surface area contributed by atoms with E-state index < -0.39 is 28.9 Å². The van der Waals surface area contributed by atoms with Crippen molar-refractivity contribution >= 4 is 23.8 Å². The SMILES string of the molecule is CCN=C(NC(=O)OC(C)(C)C)Nc1cccc(C(C)(C)NC(=O)OC(C)(C)C)c1. The number of alkyl carbamates (subject to hydrolysis) is 2. The summed E-state index contributed by atoms with van der Waals surface area (Å²) in [5, 5.41) is 8.61. The summed E-state index contributed by atoms with van der Waals surface area (Å²) in [6.45, 7) is 16.9. The van der Waals surface area contributed by atoms with Crippen LogP contribution in [0.15, 0.2) is 29.3 Å². The van der Waals surface area contributed by atoms with Gasteiger partial charge in [0, 0.05) is 12.2 Å². The van der Waals surface area contributed by atoms with Crippen LogP contribution < -0.4 is 16.0 Å². The molecule has 0 fully saturated rings. The lowest BCUT2D eigenvalue weighted by molar-refractivity contribution is 0.0468. The number of benzene rings is 1. The lowest BCUT2D eigenvalue weighted by Crippen LogP contribution is -2.44. The number of hydrogen-bond acceptors (Lipinski definition) is 5. The maximum Gasteiger partial charge on any atom is 0.414 e. The molecule has 1 rings (SSSR count). The minimum atomic E-state index is -0.680. The molecule has 0 bridgehead atoms. The van der Waals surface area contributed by atoms with Crippen molar-refractivity contribution in [1.29, 1.82) is 0 Å². The minimum absolute atomic E-state index is 0.279. The van der Waals surface area contributed by atoms with Crippen molar-refractivity contribution in [3.63, 3.8) is 0 Å². The number of rotatable bonds is 4. The first-order chi connectivity index (χ1) is 13.6. The molecule has 168 valence electrons. The van der Waals surface area contributed by atoms with Gasteiger partial charge in [0.1, 0.15) is 11.2 Å². The first-order valence-corrected chi connectivity index (χ1v) is 10.0. The Hall–Kier alpha value is -2.77. The van der Waals surface area contributed by atoms with E-state index in [1.807, 2.05) is 65.8 Å². The van der Waals surface area contributed by atoms with Crippen LogP contribution in [0.1, 0.15) is 67.9 Å². The van der Waals surface area contributed by atoms with Gasteiger partial charge in [-0.2, -0.15) is 0 Å². The molecule has 8 heteroatoms. The Morgan fingerprint density at radius 1 is 0.933 bits per heavy atom. The average molecular weight is 421 g/mol. The highest BCUT2D eigenvalue weighted by atomic mass is 16.6. The summed E-state index contributed by atoms with van der Waals surface area (Å²) >= 11 is 0. The van der Waals surface area contributed by atoms with Crippen LogP contribution in [-0.2, 0) is 15.0 Å². The fraction of sp³-hybridized carbons (Fsp3) is 0.591. The third-order valence-corrected chi connectivity index (χ3v) is 3.60. The normalized spacial score (nSPS) is 12.8. The summed E-state index contributed by atoms with van der Waals surface area (Å²) in [7, 11) is 0. The Labute approximate surface area is 179 Å². The van der Waals surface area contributed by atoms with Gasteiger partial charge in [-0.1, -0.05) is 12.1 Å². The van der Waals surface area contributed by atoms with Crippen molar-refractivity contribution in [1.82, 2.24) is 10.6 Å². The minimum Gasteiger partial charge on any atom is -0.444 e. The molecule has 0 saturated carbocycles. The molecule has 0 aliphatic carbocycles. The van der Waals surface area contributed by atoms with Crippen molar-refractivity contribution in [3.05, 3.63) is 29.8 Å². The number of amides is 2. The quantitative estimate of drug-likeness (QED) is 0.482. The molecule has 1 aromatic rings. The van der Waals surface area contributed by atoms with Crippen molar-refractivity contribution < 1.29 is 19.1 Å². The van der Waals surface area contributed by atoms with Crippen LogP contribution in [0, 0.1) is 0 Å². The second-order valence-electron chi connectivity index (χ2n) is 9.41. The number of hydrogen-bond donors (Lipinski definition) is 3. The summed E-state index contributed by atoms with van der Waals surface area (Å²) < 4.78 is 10.6. The molecule has 0 aliphatic rings. The Kier molecular flexibility index (Phi) is 8.27. The molecule has 0 aromatic heterocycles. The standard InChI is InChI=1S/C22H36N4O4/c1-10-23-17(25-18(27)29-20(2,3)4)24-16-13-11-12-15(14-16)22(8,9)26-19(28)30-21(5,6)7/h11-14H,10H2,1-9H3,(H,26,28)(H2,23,24,25,27). The van der Waals surface area contributed by atoms with E-state index in [9.17, 15) is 9.59 Å². The zero-order valence-corrected chi connectivity index (χ0v) is 19.6. The van der Waals surface area contributed by atoms with Crippen LogP contribution in [0.25, 0.3) is 0 Å². The second-order valence-corrected chi connectivity index (χ2v) is 9.41. The zero-order chi connectivity index (χ0) is 23.2. The molecule has 0 heterocycles. The molecule has 0 atom stereocenters. The van der Waals surface area contributed by atoms with Gasteiger partial charge < -0.3 is 20.1 Å². The number of carbonyl (C=O) groups excluding carboxylic acids is 2. The van der Waals surface area contributed by atoms with Gasteiger partial charge in [0.25, 0.3) is 0 Å². The van der Waals surface area contributed by atoms with Gasteiger partial charge in [-0.25, -0.2) is 9.59 Å². The molecule has 0 radical (unpaired) electrons. The number of ether oxygens (including phenoxy) is 2. The van der Waals surface area contributed by atoms with E-state index in [2.05, 4.69) is 20.9 Å². The number of anilines is 1. The predicted octanol–water partition coefficient (Wildman–Crippen LogP) is 4.76. The van der Waals surface area contributed by atoms with Gasteiger partial charge in [0.05, 0.1) is 5.54 Å². The number of carbonyl (C=O) groups is 2. The Bertz CT molecular complexity index is 774. The number of nitrogens with zero attached hydrogens (tertiary/aromatic N) is 1. The van der Waals surface area contributed by atoms with E-state index in [1.54, 1.807) is 20.8 Å². The molecule has 0 unspecified atom stereocenters. The first kappa shape index (κ1) is 25.3. The Morgan fingerprint density at radius 2 is 1.50 bits per heavy atom. The van der Waals surface area contributed by atoms with Gasteiger partial charge >= 0.3 is 12.2 Å². The fourth-order valence-electron chi connectivity index (χ4n) is 2.42. The summed E-state index contributed by atoms with van der Waals surface area (Å²) in [5.74, 6) is 0.279. The Balaban J connectivity index is 2.94.